The highest BCUT2D eigenvalue weighted by Gasteiger charge is 2.31. The molecule has 5 rings (SSSR count). The number of nitrogens with zero attached hydrogens (tertiary/aromatic N) is 2. The van der Waals surface area contributed by atoms with Crippen molar-refractivity contribution in [3.05, 3.63) is 86.3 Å². The summed E-state index contributed by atoms with van der Waals surface area (Å²) >= 11 is 6.79. The van der Waals surface area contributed by atoms with E-state index in [2.05, 4.69) is 27.3 Å². The zero-order chi connectivity index (χ0) is 26.3. The SMILES string of the molecule is CNC(=O)c1c(-c2ccc(Cl)cc2)oc2cc(N(Cc3ccc(Br)c(C#N)c3)S(=O)[O-])c(C3CC3)cc12. The lowest BCUT2D eigenvalue weighted by Gasteiger charge is -2.29. The normalized spacial score (nSPS) is 13.8. The van der Waals surface area contributed by atoms with Gasteiger partial charge in [0.2, 0.25) is 0 Å². The molecule has 0 aliphatic heterocycles. The topological polar surface area (TPSA) is 109 Å². The largest absolute Gasteiger partial charge is 0.755 e. The minimum absolute atomic E-state index is 0.0380. The highest BCUT2D eigenvalue weighted by Crippen LogP contribution is 2.48. The van der Waals surface area contributed by atoms with Gasteiger partial charge in [-0.05, 0) is 88.3 Å². The third kappa shape index (κ3) is 5.03. The van der Waals surface area contributed by atoms with E-state index in [-0.39, 0.29) is 18.4 Å². The number of amides is 1. The summed E-state index contributed by atoms with van der Waals surface area (Å²) in [7, 11) is 1.55. The molecule has 1 atom stereocenters. The van der Waals surface area contributed by atoms with Crippen molar-refractivity contribution in [3.63, 3.8) is 0 Å². The van der Waals surface area contributed by atoms with Gasteiger partial charge < -0.3 is 14.3 Å². The third-order valence-corrected chi connectivity index (χ3v) is 7.97. The monoisotopic (exact) mass is 596 g/mol. The molecule has 0 spiro atoms. The Balaban J connectivity index is 1.68. The van der Waals surface area contributed by atoms with E-state index in [0.717, 1.165) is 18.4 Å². The standard InChI is InChI=1S/C27H21BrClN3O4S/c1-31-27(33)25-21-11-20(16-3-4-16)23(12-24(21)36-26(25)17-5-7-19(29)8-6-17)32(37(34)35)14-15-2-9-22(28)18(10-15)13-30/h2,5-12,16H,3-4,14H2,1H3,(H,31,33)(H,34,35)/p-1. The van der Waals surface area contributed by atoms with Gasteiger partial charge in [0.1, 0.15) is 17.4 Å². The van der Waals surface area contributed by atoms with Gasteiger partial charge in [0.25, 0.3) is 5.91 Å². The van der Waals surface area contributed by atoms with E-state index in [0.29, 0.717) is 54.2 Å². The first-order valence-electron chi connectivity index (χ1n) is 11.4. The number of hydrogen-bond acceptors (Lipinski definition) is 5. The maximum absolute atomic E-state index is 13.0. The molecule has 1 fully saturated rings. The van der Waals surface area contributed by atoms with Crippen molar-refractivity contribution in [1.82, 2.24) is 5.32 Å². The van der Waals surface area contributed by atoms with E-state index < -0.39 is 11.3 Å². The van der Waals surface area contributed by atoms with Crippen LogP contribution in [0.1, 0.15) is 45.8 Å². The Kier molecular flexibility index (Phi) is 7.10. The number of nitrogens with one attached hydrogen (secondary N) is 1. The number of anilines is 1. The Labute approximate surface area is 229 Å². The van der Waals surface area contributed by atoms with Crippen molar-refractivity contribution in [2.24, 2.45) is 0 Å². The van der Waals surface area contributed by atoms with Crippen molar-refractivity contribution >= 4 is 61.4 Å². The van der Waals surface area contributed by atoms with Gasteiger partial charge in [0.15, 0.2) is 0 Å². The van der Waals surface area contributed by atoms with E-state index in [9.17, 15) is 18.8 Å². The first-order chi connectivity index (χ1) is 17.8. The van der Waals surface area contributed by atoms with E-state index in [1.807, 2.05) is 6.07 Å². The zero-order valence-corrected chi connectivity index (χ0v) is 22.7. The summed E-state index contributed by atoms with van der Waals surface area (Å²) in [6, 6.07) is 17.8. The quantitative estimate of drug-likeness (QED) is 0.247. The molecular weight excluding hydrogens is 578 g/mol. The fourth-order valence-electron chi connectivity index (χ4n) is 4.38. The molecule has 1 unspecified atom stereocenters. The van der Waals surface area contributed by atoms with Gasteiger partial charge in [-0.2, -0.15) is 5.26 Å². The number of fused-ring (bicyclic) bond motifs is 1. The molecule has 0 saturated heterocycles. The number of benzene rings is 3. The average Bonchev–Trinajstić information content (AvgIpc) is 3.67. The number of carbonyl (C=O) groups is 1. The van der Waals surface area contributed by atoms with Crippen molar-refractivity contribution in [1.29, 1.82) is 5.26 Å². The van der Waals surface area contributed by atoms with Crippen LogP contribution >= 0.6 is 27.5 Å². The van der Waals surface area contributed by atoms with Crippen LogP contribution < -0.4 is 9.62 Å². The molecule has 10 heteroatoms. The lowest BCUT2D eigenvalue weighted by Crippen LogP contribution is -2.26. The summed E-state index contributed by atoms with van der Waals surface area (Å²) in [6.07, 6.45) is 1.85. The predicted octanol–water partition coefficient (Wildman–Crippen LogP) is 6.43. The smallest absolute Gasteiger partial charge is 0.255 e. The third-order valence-electron chi connectivity index (χ3n) is 6.34. The van der Waals surface area contributed by atoms with E-state index >= 15 is 0 Å². The molecule has 37 heavy (non-hydrogen) atoms. The Morgan fingerprint density at radius 3 is 2.59 bits per heavy atom. The predicted molar refractivity (Wildman–Crippen MR) is 146 cm³/mol. The fraction of sp³-hybridized carbons (Fsp3) is 0.185. The molecule has 1 aliphatic rings. The highest BCUT2D eigenvalue weighted by atomic mass is 79.9. The Morgan fingerprint density at radius 1 is 1.24 bits per heavy atom. The average molecular weight is 598 g/mol. The van der Waals surface area contributed by atoms with Gasteiger partial charge in [-0.1, -0.05) is 17.7 Å². The van der Waals surface area contributed by atoms with Crippen molar-refractivity contribution in [3.8, 4) is 17.4 Å². The number of furan rings is 1. The second-order valence-electron chi connectivity index (χ2n) is 8.75. The molecule has 1 heterocycles. The molecule has 1 aromatic heterocycles. The van der Waals surface area contributed by atoms with E-state index in [1.165, 1.54) is 4.31 Å². The number of halogens is 2. The number of rotatable bonds is 7. The number of carbonyl (C=O) groups excluding carboxylic acids is 1. The minimum Gasteiger partial charge on any atom is -0.755 e. The second kappa shape index (κ2) is 10.3. The van der Waals surface area contributed by atoms with Crippen LogP contribution in [0.3, 0.4) is 0 Å². The Hall–Kier alpha value is -3.16. The fourth-order valence-corrected chi connectivity index (χ4v) is 5.42. The van der Waals surface area contributed by atoms with Gasteiger partial charge >= 0.3 is 0 Å². The highest BCUT2D eigenvalue weighted by molar-refractivity contribution is 9.10. The van der Waals surface area contributed by atoms with Crippen LogP contribution in [0.4, 0.5) is 5.69 Å². The van der Waals surface area contributed by atoms with Gasteiger partial charge in [-0.15, -0.1) is 0 Å². The van der Waals surface area contributed by atoms with Crippen LogP contribution in [0.5, 0.6) is 0 Å². The van der Waals surface area contributed by atoms with Crippen LogP contribution in [-0.4, -0.2) is 21.7 Å². The van der Waals surface area contributed by atoms with Crippen LogP contribution in [-0.2, 0) is 17.8 Å². The van der Waals surface area contributed by atoms with Crippen LogP contribution in [0.2, 0.25) is 5.02 Å². The molecule has 7 nitrogen and oxygen atoms in total. The van der Waals surface area contributed by atoms with Gasteiger partial charge in [-0.25, -0.2) is 0 Å². The van der Waals surface area contributed by atoms with E-state index in [1.54, 1.807) is 55.6 Å². The Morgan fingerprint density at radius 2 is 1.97 bits per heavy atom. The molecule has 0 radical (unpaired) electrons. The van der Waals surface area contributed by atoms with Gasteiger partial charge in [0.05, 0.1) is 23.4 Å². The summed E-state index contributed by atoms with van der Waals surface area (Å²) in [4.78, 5) is 13.0. The molecule has 4 aromatic rings. The van der Waals surface area contributed by atoms with Crippen molar-refractivity contribution < 1.29 is 18.0 Å². The van der Waals surface area contributed by atoms with Gasteiger partial charge in [-0.3, -0.25) is 13.3 Å². The molecule has 0 bridgehead atoms. The maximum atomic E-state index is 13.0. The molecule has 1 amide bonds. The molecule has 1 aliphatic carbocycles. The van der Waals surface area contributed by atoms with Gasteiger partial charge in [0, 0.05) is 44.8 Å². The summed E-state index contributed by atoms with van der Waals surface area (Å²) in [5.74, 6) is 0.254. The molecule has 188 valence electrons. The number of hydrogen-bond donors (Lipinski definition) is 1. The van der Waals surface area contributed by atoms with Crippen molar-refractivity contribution in [2.45, 2.75) is 25.3 Å². The molecule has 1 N–H and O–H groups in total. The molecule has 3 aromatic carbocycles. The Bertz CT molecular complexity index is 1590. The lowest BCUT2D eigenvalue weighted by molar-refractivity contribution is 0.0964. The van der Waals surface area contributed by atoms with Crippen molar-refractivity contribution in [2.75, 3.05) is 11.4 Å². The first-order valence-corrected chi connectivity index (χ1v) is 13.6. The first kappa shape index (κ1) is 25.5. The molecular formula is C27H20BrClN3O4S-. The zero-order valence-electron chi connectivity index (χ0n) is 19.6. The van der Waals surface area contributed by atoms with Crippen LogP contribution in [0.25, 0.3) is 22.3 Å². The van der Waals surface area contributed by atoms with Crippen LogP contribution in [0.15, 0.2) is 63.5 Å². The molecule has 1 saturated carbocycles. The summed E-state index contributed by atoms with van der Waals surface area (Å²) in [6.45, 7) is 0.0380. The second-order valence-corrected chi connectivity index (χ2v) is 10.9. The number of nitriles is 1. The maximum Gasteiger partial charge on any atom is 0.255 e. The summed E-state index contributed by atoms with van der Waals surface area (Å²) in [5.41, 5.74) is 3.87. The minimum atomic E-state index is -2.61. The van der Waals surface area contributed by atoms with E-state index in [4.69, 9.17) is 16.0 Å². The van der Waals surface area contributed by atoms with Crippen LogP contribution in [0, 0.1) is 11.3 Å². The summed E-state index contributed by atoms with van der Waals surface area (Å²) < 4.78 is 33.1. The lowest BCUT2D eigenvalue weighted by atomic mass is 10.00. The summed E-state index contributed by atoms with van der Waals surface area (Å²) in [5, 5.41) is 13.2.